The summed E-state index contributed by atoms with van der Waals surface area (Å²) in [5.74, 6) is 1.94. The highest BCUT2D eigenvalue weighted by Gasteiger charge is 2.10. The van der Waals surface area contributed by atoms with E-state index in [1.165, 1.54) is 11.1 Å². The van der Waals surface area contributed by atoms with Crippen molar-refractivity contribution in [2.45, 2.75) is 26.7 Å². The van der Waals surface area contributed by atoms with Gasteiger partial charge in [0, 0.05) is 4.47 Å². The molecule has 110 valence electrons. The molecule has 0 aliphatic carbocycles. The summed E-state index contributed by atoms with van der Waals surface area (Å²) in [5, 5.41) is 0. The minimum absolute atomic E-state index is 0.327. The van der Waals surface area contributed by atoms with E-state index in [1.807, 2.05) is 30.3 Å². The highest BCUT2D eigenvalue weighted by atomic mass is 79.9. The highest BCUT2D eigenvalue weighted by molar-refractivity contribution is 9.10. The minimum atomic E-state index is 0.327. The molecule has 2 nitrogen and oxygen atoms in total. The first-order valence-corrected chi connectivity index (χ1v) is 7.96. The molecule has 0 amide bonds. The van der Waals surface area contributed by atoms with Crippen molar-refractivity contribution in [2.24, 2.45) is 5.73 Å². The third-order valence-electron chi connectivity index (χ3n) is 3.30. The maximum absolute atomic E-state index is 5.97. The van der Waals surface area contributed by atoms with Gasteiger partial charge in [-0.3, -0.25) is 0 Å². The van der Waals surface area contributed by atoms with Crippen LogP contribution in [0.25, 0.3) is 0 Å². The van der Waals surface area contributed by atoms with Crippen molar-refractivity contribution in [3.63, 3.8) is 0 Å². The predicted octanol–water partition coefficient (Wildman–Crippen LogP) is 5.31. The average Bonchev–Trinajstić information content (AvgIpc) is 2.37. The Morgan fingerprint density at radius 1 is 1.19 bits per heavy atom. The Labute approximate surface area is 139 Å². The molecule has 0 bridgehead atoms. The van der Waals surface area contributed by atoms with Crippen molar-refractivity contribution in [3.8, 4) is 11.5 Å². The molecule has 0 spiro atoms. The second kappa shape index (κ2) is 6.58. The van der Waals surface area contributed by atoms with Crippen LogP contribution in [0.4, 0.5) is 0 Å². The molecule has 4 heteroatoms. The molecule has 0 radical (unpaired) electrons. The zero-order valence-electron chi connectivity index (χ0n) is 12.3. The van der Waals surface area contributed by atoms with E-state index in [0.717, 1.165) is 15.8 Å². The Kier molecular flexibility index (Phi) is 5.01. The fraction of sp³-hybridized carbons (Fsp3) is 0.235. The summed E-state index contributed by atoms with van der Waals surface area (Å²) < 4.78 is 6.89. The minimum Gasteiger partial charge on any atom is -0.457 e. The van der Waals surface area contributed by atoms with Crippen molar-refractivity contribution in [3.05, 3.63) is 57.6 Å². The van der Waals surface area contributed by atoms with E-state index < -0.39 is 0 Å². The third kappa shape index (κ3) is 3.83. The monoisotopic (exact) mass is 363 g/mol. The van der Waals surface area contributed by atoms with E-state index in [-0.39, 0.29) is 0 Å². The van der Waals surface area contributed by atoms with Crippen molar-refractivity contribution in [1.82, 2.24) is 0 Å². The van der Waals surface area contributed by atoms with Crippen LogP contribution in [0.5, 0.6) is 11.5 Å². The summed E-state index contributed by atoms with van der Waals surface area (Å²) in [4.78, 5) is 0.327. The van der Waals surface area contributed by atoms with Crippen LogP contribution in [0.1, 0.15) is 36.5 Å². The first-order valence-electron chi connectivity index (χ1n) is 6.76. The van der Waals surface area contributed by atoms with Gasteiger partial charge in [0.2, 0.25) is 0 Å². The summed E-state index contributed by atoms with van der Waals surface area (Å²) in [6.07, 6.45) is 0. The van der Waals surface area contributed by atoms with Crippen LogP contribution in [0.2, 0.25) is 0 Å². The number of nitrogens with two attached hydrogens (primary N) is 1. The molecule has 0 aliphatic rings. The predicted molar refractivity (Wildman–Crippen MR) is 95.4 cm³/mol. The number of rotatable bonds is 4. The molecule has 0 aromatic heterocycles. The molecule has 2 N–H and O–H groups in total. The Morgan fingerprint density at radius 2 is 1.90 bits per heavy atom. The number of aryl methyl sites for hydroxylation is 1. The molecule has 0 saturated heterocycles. The van der Waals surface area contributed by atoms with Crippen LogP contribution in [0, 0.1) is 6.92 Å². The molecule has 0 unspecified atom stereocenters. The van der Waals surface area contributed by atoms with Crippen LogP contribution < -0.4 is 10.5 Å². The summed E-state index contributed by atoms with van der Waals surface area (Å²) in [6, 6.07) is 11.8. The van der Waals surface area contributed by atoms with E-state index >= 15 is 0 Å². The number of benzene rings is 2. The van der Waals surface area contributed by atoms with Gasteiger partial charge in [-0.05, 0) is 54.3 Å². The van der Waals surface area contributed by atoms with Gasteiger partial charge in [-0.15, -0.1) is 0 Å². The van der Waals surface area contributed by atoms with Gasteiger partial charge in [-0.25, -0.2) is 0 Å². The molecular weight excluding hydrogens is 346 g/mol. The van der Waals surface area contributed by atoms with Crippen molar-refractivity contribution in [1.29, 1.82) is 0 Å². The average molecular weight is 364 g/mol. The molecule has 0 aliphatic heterocycles. The van der Waals surface area contributed by atoms with Crippen LogP contribution >= 0.6 is 28.1 Å². The summed E-state index contributed by atoms with van der Waals surface area (Å²) >= 11 is 8.51. The Balaban J connectivity index is 2.36. The molecule has 0 heterocycles. The molecule has 2 aromatic rings. The smallest absolute Gasteiger partial charge is 0.138 e. The normalized spacial score (nSPS) is 10.7. The SMILES string of the molecule is Cc1cc(Oc2cc(Br)ccc2C(N)=S)ccc1C(C)C. The Bertz CT molecular complexity index is 682. The van der Waals surface area contributed by atoms with Gasteiger partial charge in [-0.1, -0.05) is 48.1 Å². The van der Waals surface area contributed by atoms with E-state index in [0.29, 0.717) is 16.7 Å². The van der Waals surface area contributed by atoms with Crippen LogP contribution in [-0.2, 0) is 0 Å². The number of ether oxygens (including phenoxy) is 1. The third-order valence-corrected chi connectivity index (χ3v) is 4.01. The molecule has 2 aromatic carbocycles. The highest BCUT2D eigenvalue weighted by Crippen LogP contribution is 2.31. The second-order valence-electron chi connectivity index (χ2n) is 5.28. The molecule has 21 heavy (non-hydrogen) atoms. The summed E-state index contributed by atoms with van der Waals surface area (Å²) in [6.45, 7) is 6.46. The molecule has 0 atom stereocenters. The van der Waals surface area contributed by atoms with Crippen LogP contribution in [0.15, 0.2) is 40.9 Å². The molecule has 2 rings (SSSR count). The van der Waals surface area contributed by atoms with Gasteiger partial charge in [0.1, 0.15) is 16.5 Å². The zero-order valence-corrected chi connectivity index (χ0v) is 14.7. The lowest BCUT2D eigenvalue weighted by molar-refractivity contribution is 0.480. The van der Waals surface area contributed by atoms with Gasteiger partial charge in [0.25, 0.3) is 0 Å². The van der Waals surface area contributed by atoms with Gasteiger partial charge >= 0.3 is 0 Å². The largest absolute Gasteiger partial charge is 0.457 e. The fourth-order valence-corrected chi connectivity index (χ4v) is 2.78. The Hall–Kier alpha value is -1.39. The topological polar surface area (TPSA) is 35.2 Å². The maximum atomic E-state index is 5.97. The fourth-order valence-electron chi connectivity index (χ4n) is 2.27. The van der Waals surface area contributed by atoms with Gasteiger partial charge in [-0.2, -0.15) is 0 Å². The first-order chi connectivity index (χ1) is 9.88. The number of thiocarbonyl (C=S) groups is 1. The number of hydrogen-bond donors (Lipinski definition) is 1. The first kappa shape index (κ1) is 16.0. The Morgan fingerprint density at radius 3 is 2.48 bits per heavy atom. The van der Waals surface area contributed by atoms with E-state index in [9.17, 15) is 0 Å². The van der Waals surface area contributed by atoms with Crippen molar-refractivity contribution >= 4 is 33.1 Å². The lowest BCUT2D eigenvalue weighted by atomic mass is 9.98. The second-order valence-corrected chi connectivity index (χ2v) is 6.64. The van der Waals surface area contributed by atoms with E-state index in [1.54, 1.807) is 0 Å². The van der Waals surface area contributed by atoms with Crippen LogP contribution in [-0.4, -0.2) is 4.99 Å². The van der Waals surface area contributed by atoms with Crippen molar-refractivity contribution < 1.29 is 4.74 Å². The van der Waals surface area contributed by atoms with E-state index in [4.69, 9.17) is 22.7 Å². The summed E-state index contributed by atoms with van der Waals surface area (Å²) in [5.41, 5.74) is 9.03. The number of hydrogen-bond acceptors (Lipinski definition) is 2. The quantitative estimate of drug-likeness (QED) is 0.747. The van der Waals surface area contributed by atoms with Crippen LogP contribution in [0.3, 0.4) is 0 Å². The number of halogens is 1. The molecule has 0 saturated carbocycles. The zero-order chi connectivity index (χ0) is 15.6. The van der Waals surface area contributed by atoms with Crippen molar-refractivity contribution in [2.75, 3.05) is 0 Å². The molecule has 0 fully saturated rings. The summed E-state index contributed by atoms with van der Waals surface area (Å²) in [7, 11) is 0. The molecular formula is C17H18BrNOS. The van der Waals surface area contributed by atoms with Gasteiger partial charge in [0.05, 0.1) is 5.56 Å². The van der Waals surface area contributed by atoms with E-state index in [2.05, 4.69) is 42.8 Å². The van der Waals surface area contributed by atoms with Gasteiger partial charge < -0.3 is 10.5 Å². The van der Waals surface area contributed by atoms with Gasteiger partial charge in [0.15, 0.2) is 0 Å². The lowest BCUT2D eigenvalue weighted by Crippen LogP contribution is -2.10. The standard InChI is InChI=1S/C17H18BrNOS/c1-10(2)14-7-5-13(8-11(14)3)20-16-9-12(18)4-6-15(16)17(19)21/h4-10H,1-3H3,(H2,19,21). The lowest BCUT2D eigenvalue weighted by Gasteiger charge is -2.14. The maximum Gasteiger partial charge on any atom is 0.138 e.